The van der Waals surface area contributed by atoms with Gasteiger partial charge in [-0.25, -0.2) is 4.79 Å². The van der Waals surface area contributed by atoms with Gasteiger partial charge in [0.2, 0.25) is 0 Å². The summed E-state index contributed by atoms with van der Waals surface area (Å²) in [6.45, 7) is 3.05. The smallest absolute Gasteiger partial charge is 0.345 e. The topological polar surface area (TPSA) is 59.3 Å². The molecule has 0 aromatic rings. The van der Waals surface area contributed by atoms with Crippen molar-refractivity contribution in [3.63, 3.8) is 0 Å². The van der Waals surface area contributed by atoms with Crippen molar-refractivity contribution in [2.75, 3.05) is 14.2 Å². The zero-order valence-corrected chi connectivity index (χ0v) is 5.96. The van der Waals surface area contributed by atoms with Crippen molar-refractivity contribution < 1.29 is 14.3 Å². The van der Waals surface area contributed by atoms with Crippen molar-refractivity contribution in [2.45, 2.75) is 0 Å². The summed E-state index contributed by atoms with van der Waals surface area (Å²) in [4.78, 5) is 9.85. The van der Waals surface area contributed by atoms with Gasteiger partial charge in [-0.1, -0.05) is 6.58 Å². The summed E-state index contributed by atoms with van der Waals surface area (Å²) in [7, 11) is 3.25. The zero-order chi connectivity index (χ0) is 8.41. The molecule has 4 heteroatoms. The predicted molar refractivity (Wildman–Crippen MR) is 34.8 cm³/mol. The second-order valence-corrected chi connectivity index (χ2v) is 1.12. The van der Waals surface area contributed by atoms with Crippen LogP contribution in [-0.2, 0) is 14.3 Å². The molecule has 56 valence electrons. The summed E-state index contributed by atoms with van der Waals surface area (Å²) in [5.74, 6) is -0.720. The molecule has 0 unspecified atom stereocenters. The standard InChI is InChI=1S/C4H3NO2.C2H6O/c1-2-4(6)7-3-5;1-3-2/h2H,1H2;1-2H3. The SMILES string of the molecule is C=CC(=O)OC#N.COC. The van der Waals surface area contributed by atoms with Crippen LogP contribution in [0.5, 0.6) is 0 Å². The molecule has 0 radical (unpaired) electrons. The van der Waals surface area contributed by atoms with Crippen molar-refractivity contribution in [1.29, 1.82) is 5.26 Å². The summed E-state index contributed by atoms with van der Waals surface area (Å²) >= 11 is 0. The normalized spacial score (nSPS) is 6.10. The Balaban J connectivity index is 0. The van der Waals surface area contributed by atoms with Crippen LogP contribution < -0.4 is 0 Å². The maximum Gasteiger partial charge on any atom is 0.345 e. The average Bonchev–Trinajstić information content (AvgIpc) is 1.90. The van der Waals surface area contributed by atoms with Gasteiger partial charge in [0, 0.05) is 20.3 Å². The van der Waals surface area contributed by atoms with Gasteiger partial charge in [0.25, 0.3) is 6.26 Å². The fourth-order valence-corrected chi connectivity index (χ4v) is 0.0867. The van der Waals surface area contributed by atoms with E-state index in [0.29, 0.717) is 0 Å². The minimum Gasteiger partial charge on any atom is -0.388 e. The molecule has 0 saturated carbocycles. The summed E-state index contributed by atoms with van der Waals surface area (Å²) in [6, 6.07) is 0. The monoisotopic (exact) mass is 143 g/mol. The van der Waals surface area contributed by atoms with Crippen LogP contribution in [0.25, 0.3) is 0 Å². The van der Waals surface area contributed by atoms with E-state index >= 15 is 0 Å². The lowest BCUT2D eigenvalue weighted by atomic mass is 10.7. The lowest BCUT2D eigenvalue weighted by Gasteiger charge is -1.77. The van der Waals surface area contributed by atoms with E-state index in [-0.39, 0.29) is 0 Å². The number of carbonyl (C=O) groups excluding carboxylic acids is 1. The first kappa shape index (κ1) is 11.5. The largest absolute Gasteiger partial charge is 0.388 e. The van der Waals surface area contributed by atoms with Gasteiger partial charge in [-0.2, -0.15) is 0 Å². The quantitative estimate of drug-likeness (QED) is 0.304. The molecule has 0 aliphatic heterocycles. The number of esters is 1. The van der Waals surface area contributed by atoms with Gasteiger partial charge in [-0.15, -0.1) is 5.26 Å². The maximum atomic E-state index is 9.85. The number of nitriles is 1. The molecule has 10 heavy (non-hydrogen) atoms. The van der Waals surface area contributed by atoms with Crippen LogP contribution in [0.15, 0.2) is 12.7 Å². The minimum atomic E-state index is -0.720. The molecule has 0 saturated heterocycles. The molecule has 0 bridgehead atoms. The van der Waals surface area contributed by atoms with Crippen molar-refractivity contribution in [1.82, 2.24) is 0 Å². The molecule has 0 heterocycles. The Hall–Kier alpha value is -1.34. The molecule has 0 rings (SSSR count). The van der Waals surface area contributed by atoms with E-state index in [1.165, 1.54) is 6.26 Å². The fourth-order valence-electron chi connectivity index (χ4n) is 0.0867. The van der Waals surface area contributed by atoms with Crippen molar-refractivity contribution in [3.8, 4) is 6.26 Å². The Morgan fingerprint density at radius 1 is 1.70 bits per heavy atom. The lowest BCUT2D eigenvalue weighted by molar-refractivity contribution is -0.131. The van der Waals surface area contributed by atoms with Crippen LogP contribution >= 0.6 is 0 Å². The number of hydrogen-bond acceptors (Lipinski definition) is 4. The molecule has 0 aromatic heterocycles. The van der Waals surface area contributed by atoms with Crippen molar-refractivity contribution in [3.05, 3.63) is 12.7 Å². The van der Waals surface area contributed by atoms with E-state index in [9.17, 15) is 4.79 Å². The third kappa shape index (κ3) is 15.9. The Labute approximate surface area is 59.7 Å². The highest BCUT2D eigenvalue weighted by Gasteiger charge is 1.87. The van der Waals surface area contributed by atoms with Gasteiger partial charge in [0.15, 0.2) is 0 Å². The van der Waals surface area contributed by atoms with E-state index in [1.807, 2.05) is 0 Å². The van der Waals surface area contributed by atoms with Crippen LogP contribution in [-0.4, -0.2) is 20.2 Å². The Morgan fingerprint density at radius 2 is 2.10 bits per heavy atom. The van der Waals surface area contributed by atoms with Crippen LogP contribution in [0.1, 0.15) is 0 Å². The molecule has 4 nitrogen and oxygen atoms in total. The predicted octanol–water partition coefficient (Wildman–Crippen LogP) is 0.459. The summed E-state index contributed by atoms with van der Waals surface area (Å²) in [5.41, 5.74) is 0. The van der Waals surface area contributed by atoms with Gasteiger partial charge in [0.05, 0.1) is 0 Å². The molecule has 0 spiro atoms. The molecule has 0 aliphatic carbocycles. The molecule has 0 aliphatic rings. The lowest BCUT2D eigenvalue weighted by Crippen LogP contribution is -1.91. The molecule has 0 amide bonds. The van der Waals surface area contributed by atoms with Gasteiger partial charge >= 0.3 is 5.97 Å². The molecule has 0 aromatic carbocycles. The number of ether oxygens (including phenoxy) is 2. The van der Waals surface area contributed by atoms with Gasteiger partial charge in [0.1, 0.15) is 0 Å². The maximum absolute atomic E-state index is 9.85. The molecule has 0 fully saturated rings. The van der Waals surface area contributed by atoms with E-state index in [4.69, 9.17) is 5.26 Å². The minimum absolute atomic E-state index is 0.720. The summed E-state index contributed by atoms with van der Waals surface area (Å²) in [5, 5.41) is 7.63. The van der Waals surface area contributed by atoms with Gasteiger partial charge < -0.3 is 9.47 Å². The third-order valence-electron chi connectivity index (χ3n) is 0.313. The van der Waals surface area contributed by atoms with E-state index in [1.54, 1.807) is 14.2 Å². The highest BCUT2D eigenvalue weighted by atomic mass is 16.5. The van der Waals surface area contributed by atoms with Crippen molar-refractivity contribution in [2.24, 2.45) is 0 Å². The molecule has 0 N–H and O–H groups in total. The van der Waals surface area contributed by atoms with E-state index in [0.717, 1.165) is 6.08 Å². The second kappa shape index (κ2) is 10.6. The first-order chi connectivity index (χ1) is 4.72. The number of carbonyl (C=O) groups is 1. The number of rotatable bonds is 1. The first-order valence-electron chi connectivity index (χ1n) is 2.35. The Bertz CT molecular complexity index is 136. The average molecular weight is 143 g/mol. The Kier molecular flexibility index (Phi) is 12.1. The molecular weight excluding hydrogens is 134 g/mol. The highest BCUT2D eigenvalue weighted by Crippen LogP contribution is 1.71. The van der Waals surface area contributed by atoms with Gasteiger partial charge in [-0.05, 0) is 0 Å². The highest BCUT2D eigenvalue weighted by molar-refractivity contribution is 5.81. The number of hydrogen-bond donors (Lipinski definition) is 0. The van der Waals surface area contributed by atoms with Crippen LogP contribution in [0, 0.1) is 11.5 Å². The first-order valence-corrected chi connectivity index (χ1v) is 2.35. The Morgan fingerprint density at radius 3 is 2.20 bits per heavy atom. The summed E-state index contributed by atoms with van der Waals surface area (Å²) < 4.78 is 7.99. The van der Waals surface area contributed by atoms with E-state index < -0.39 is 5.97 Å². The number of nitrogens with zero attached hydrogens (tertiary/aromatic N) is 1. The van der Waals surface area contributed by atoms with Crippen LogP contribution in [0.4, 0.5) is 0 Å². The second-order valence-electron chi connectivity index (χ2n) is 1.12. The third-order valence-corrected chi connectivity index (χ3v) is 0.313. The van der Waals surface area contributed by atoms with Crippen LogP contribution in [0.2, 0.25) is 0 Å². The molecule has 0 atom stereocenters. The van der Waals surface area contributed by atoms with Gasteiger partial charge in [-0.3, -0.25) is 0 Å². The van der Waals surface area contributed by atoms with Crippen molar-refractivity contribution >= 4 is 5.97 Å². The van der Waals surface area contributed by atoms with Crippen LogP contribution in [0.3, 0.4) is 0 Å². The molecular formula is C6H9NO3. The fraction of sp³-hybridized carbons (Fsp3) is 0.333. The summed E-state index contributed by atoms with van der Waals surface area (Å²) in [6.07, 6.45) is 2.12. The number of methoxy groups -OCH3 is 1. The van der Waals surface area contributed by atoms with E-state index in [2.05, 4.69) is 16.1 Å². The zero-order valence-electron chi connectivity index (χ0n) is 5.96.